The quantitative estimate of drug-likeness (QED) is 0.696. The minimum atomic E-state index is 0.377. The van der Waals surface area contributed by atoms with Crippen molar-refractivity contribution in [2.24, 2.45) is 0 Å². The topological polar surface area (TPSA) is 56.1 Å². The number of imidazole rings is 1. The molecule has 3 aromatic rings. The molecule has 6 nitrogen and oxygen atoms in total. The van der Waals surface area contributed by atoms with Gasteiger partial charge in [-0.1, -0.05) is 12.1 Å². The van der Waals surface area contributed by atoms with Gasteiger partial charge in [-0.15, -0.1) is 0 Å². The van der Waals surface area contributed by atoms with Gasteiger partial charge in [-0.05, 0) is 44.0 Å². The molecule has 2 aromatic heterocycles. The van der Waals surface area contributed by atoms with Crippen LogP contribution in [0.1, 0.15) is 35.8 Å². The highest BCUT2D eigenvalue weighted by Crippen LogP contribution is 2.29. The average molecular weight is 363 g/mol. The Morgan fingerprint density at radius 3 is 2.63 bits per heavy atom. The summed E-state index contributed by atoms with van der Waals surface area (Å²) in [5.41, 5.74) is 2.37. The monoisotopic (exact) mass is 363 g/mol. The fraction of sp³-hybridized carbons (Fsp3) is 0.381. The molecular formula is C21H25N5O. The van der Waals surface area contributed by atoms with Crippen molar-refractivity contribution in [2.45, 2.75) is 32.2 Å². The number of benzene rings is 1. The summed E-state index contributed by atoms with van der Waals surface area (Å²) in [5, 5.41) is 0. The van der Waals surface area contributed by atoms with Gasteiger partial charge in [0.15, 0.2) is 5.82 Å². The summed E-state index contributed by atoms with van der Waals surface area (Å²) in [5.74, 6) is 3.11. The Hall–Kier alpha value is -2.73. The van der Waals surface area contributed by atoms with Crippen molar-refractivity contribution in [1.29, 1.82) is 0 Å². The van der Waals surface area contributed by atoms with Gasteiger partial charge in [0.2, 0.25) is 0 Å². The molecule has 140 valence electrons. The maximum Gasteiger partial charge on any atom is 0.160 e. The van der Waals surface area contributed by atoms with E-state index in [0.717, 1.165) is 49.1 Å². The zero-order valence-electron chi connectivity index (χ0n) is 15.9. The molecule has 4 rings (SSSR count). The average Bonchev–Trinajstić information content (AvgIpc) is 3.14. The predicted molar refractivity (Wildman–Crippen MR) is 104 cm³/mol. The fourth-order valence-electron chi connectivity index (χ4n) is 3.83. The van der Waals surface area contributed by atoms with Gasteiger partial charge in [0, 0.05) is 43.8 Å². The Kier molecular flexibility index (Phi) is 5.16. The normalized spacial score (nSPS) is 17.8. The van der Waals surface area contributed by atoms with Gasteiger partial charge in [0.1, 0.15) is 11.6 Å². The molecule has 3 heterocycles. The first kappa shape index (κ1) is 17.7. The molecule has 27 heavy (non-hydrogen) atoms. The van der Waals surface area contributed by atoms with Crippen LogP contribution in [0.2, 0.25) is 0 Å². The molecule has 1 atom stereocenters. The molecule has 0 saturated carbocycles. The molecule has 1 saturated heterocycles. The van der Waals surface area contributed by atoms with E-state index in [1.807, 2.05) is 36.0 Å². The van der Waals surface area contributed by atoms with Crippen molar-refractivity contribution < 1.29 is 4.74 Å². The highest BCUT2D eigenvalue weighted by Gasteiger charge is 2.26. The molecule has 1 aromatic carbocycles. The maximum atomic E-state index is 5.26. The van der Waals surface area contributed by atoms with E-state index in [9.17, 15) is 0 Å². The fourth-order valence-corrected chi connectivity index (χ4v) is 3.83. The first-order chi connectivity index (χ1) is 13.2. The van der Waals surface area contributed by atoms with Gasteiger partial charge in [0.25, 0.3) is 0 Å². The molecule has 1 aliphatic rings. The number of aromatic nitrogens is 4. The number of hydrogen-bond acceptors (Lipinski definition) is 5. The van der Waals surface area contributed by atoms with Gasteiger partial charge in [-0.3, -0.25) is 14.5 Å². The molecule has 1 aliphatic heterocycles. The molecule has 0 aliphatic carbocycles. The van der Waals surface area contributed by atoms with Gasteiger partial charge in [-0.25, -0.2) is 9.97 Å². The predicted octanol–water partition coefficient (Wildman–Crippen LogP) is 3.36. The zero-order valence-corrected chi connectivity index (χ0v) is 15.9. The largest absolute Gasteiger partial charge is 0.497 e. The van der Waals surface area contributed by atoms with Gasteiger partial charge in [0.05, 0.1) is 12.8 Å². The van der Waals surface area contributed by atoms with Crippen LogP contribution < -0.4 is 4.74 Å². The number of methoxy groups -OCH3 is 1. The number of nitrogens with zero attached hydrogens (tertiary/aromatic N) is 5. The van der Waals surface area contributed by atoms with Crippen molar-refractivity contribution in [2.75, 3.05) is 20.2 Å². The number of piperidine rings is 1. The number of aryl methyl sites for hydroxylation is 1. The van der Waals surface area contributed by atoms with Crippen LogP contribution >= 0.6 is 0 Å². The Morgan fingerprint density at radius 1 is 1.07 bits per heavy atom. The summed E-state index contributed by atoms with van der Waals surface area (Å²) in [4.78, 5) is 16.2. The first-order valence-electron chi connectivity index (χ1n) is 9.41. The van der Waals surface area contributed by atoms with Crippen LogP contribution in [0.3, 0.4) is 0 Å². The lowest BCUT2D eigenvalue weighted by Gasteiger charge is -2.33. The third kappa shape index (κ3) is 3.85. The molecule has 0 amide bonds. The van der Waals surface area contributed by atoms with Crippen LogP contribution in [0.25, 0.3) is 5.82 Å². The van der Waals surface area contributed by atoms with Gasteiger partial charge in [-0.2, -0.15) is 0 Å². The molecule has 0 N–H and O–H groups in total. The van der Waals surface area contributed by atoms with E-state index in [4.69, 9.17) is 9.72 Å². The van der Waals surface area contributed by atoms with Crippen molar-refractivity contribution >= 4 is 0 Å². The number of hydrogen-bond donors (Lipinski definition) is 0. The Balaban J connectivity index is 1.52. The van der Waals surface area contributed by atoms with E-state index >= 15 is 0 Å². The van der Waals surface area contributed by atoms with Crippen LogP contribution in [0.4, 0.5) is 0 Å². The molecule has 0 spiro atoms. The smallest absolute Gasteiger partial charge is 0.160 e. The van der Waals surface area contributed by atoms with E-state index in [0.29, 0.717) is 5.92 Å². The second-order valence-corrected chi connectivity index (χ2v) is 7.03. The third-order valence-corrected chi connectivity index (χ3v) is 5.22. The summed E-state index contributed by atoms with van der Waals surface area (Å²) in [6, 6.07) is 8.34. The number of ether oxygens (including phenoxy) is 1. The van der Waals surface area contributed by atoms with E-state index in [-0.39, 0.29) is 0 Å². The van der Waals surface area contributed by atoms with Crippen molar-refractivity contribution in [3.05, 3.63) is 66.1 Å². The number of rotatable bonds is 5. The Labute approximate surface area is 159 Å². The lowest BCUT2D eigenvalue weighted by molar-refractivity contribution is 0.198. The summed E-state index contributed by atoms with van der Waals surface area (Å²) in [7, 11) is 1.70. The Morgan fingerprint density at radius 2 is 1.89 bits per heavy atom. The summed E-state index contributed by atoms with van der Waals surface area (Å²) in [6.07, 6.45) is 9.63. The highest BCUT2D eigenvalue weighted by atomic mass is 16.5. The van der Waals surface area contributed by atoms with Crippen molar-refractivity contribution in [3.63, 3.8) is 0 Å². The van der Waals surface area contributed by atoms with Crippen LogP contribution in [-0.2, 0) is 6.54 Å². The van der Waals surface area contributed by atoms with Crippen LogP contribution in [0.15, 0.2) is 49.1 Å². The van der Waals surface area contributed by atoms with Gasteiger partial charge < -0.3 is 4.74 Å². The van der Waals surface area contributed by atoms with Crippen LogP contribution in [0.5, 0.6) is 5.75 Å². The minimum absolute atomic E-state index is 0.377. The van der Waals surface area contributed by atoms with E-state index in [1.54, 1.807) is 19.5 Å². The lowest BCUT2D eigenvalue weighted by atomic mass is 9.94. The van der Waals surface area contributed by atoms with E-state index in [2.05, 4.69) is 27.0 Å². The second-order valence-electron chi connectivity index (χ2n) is 7.03. The van der Waals surface area contributed by atoms with Crippen LogP contribution in [-0.4, -0.2) is 44.6 Å². The molecule has 1 fully saturated rings. The molecule has 0 radical (unpaired) electrons. The second kappa shape index (κ2) is 7.88. The molecular weight excluding hydrogens is 338 g/mol. The van der Waals surface area contributed by atoms with Gasteiger partial charge >= 0.3 is 0 Å². The first-order valence-corrected chi connectivity index (χ1v) is 9.41. The molecule has 0 bridgehead atoms. The van der Waals surface area contributed by atoms with E-state index in [1.165, 1.54) is 12.0 Å². The summed E-state index contributed by atoms with van der Waals surface area (Å²) in [6.45, 7) is 5.04. The van der Waals surface area contributed by atoms with E-state index < -0.39 is 0 Å². The number of likely N-dealkylation sites (tertiary alicyclic amines) is 1. The lowest BCUT2D eigenvalue weighted by Crippen LogP contribution is -2.34. The molecule has 6 heteroatoms. The maximum absolute atomic E-state index is 5.26. The van der Waals surface area contributed by atoms with Crippen LogP contribution in [0, 0.1) is 6.92 Å². The summed E-state index contributed by atoms with van der Waals surface area (Å²) >= 11 is 0. The summed E-state index contributed by atoms with van der Waals surface area (Å²) < 4.78 is 7.29. The van der Waals surface area contributed by atoms with Crippen molar-refractivity contribution in [1.82, 2.24) is 24.4 Å². The minimum Gasteiger partial charge on any atom is -0.497 e. The SMILES string of the molecule is COc1ccc(CN2CCC[C@H](c3nccnc3-n3ccnc3C)C2)cc1. The third-order valence-electron chi connectivity index (χ3n) is 5.22. The standard InChI is InChI=1S/C21H25N5O/c1-16-22-11-13-26(16)21-20(23-9-10-24-21)18-4-3-12-25(15-18)14-17-5-7-19(27-2)8-6-17/h5-11,13,18H,3-4,12,14-15H2,1-2H3/t18-/m0/s1. The molecule has 0 unspecified atom stereocenters. The Bertz CT molecular complexity index is 890. The highest BCUT2D eigenvalue weighted by molar-refractivity contribution is 5.33. The van der Waals surface area contributed by atoms with Crippen molar-refractivity contribution in [3.8, 4) is 11.6 Å². The zero-order chi connectivity index (χ0) is 18.6.